The van der Waals surface area contributed by atoms with Crippen LogP contribution in [0.2, 0.25) is 0 Å². The number of hydrogen-bond donors (Lipinski definition) is 1. The van der Waals surface area contributed by atoms with Crippen molar-refractivity contribution in [2.24, 2.45) is 0 Å². The lowest BCUT2D eigenvalue weighted by Gasteiger charge is -2.11. The van der Waals surface area contributed by atoms with Crippen LogP contribution in [0.5, 0.6) is 11.5 Å². The fraction of sp³-hybridized carbons (Fsp3) is 0.500. The number of pyridine rings is 1. The summed E-state index contributed by atoms with van der Waals surface area (Å²) >= 11 is 0. The Morgan fingerprint density at radius 2 is 2.10 bits per heavy atom. The molecule has 0 saturated carbocycles. The largest absolute Gasteiger partial charge is 0.493 e. The average molecular weight is 291 g/mol. The van der Waals surface area contributed by atoms with Gasteiger partial charge in [-0.1, -0.05) is 19.1 Å². The van der Waals surface area contributed by atoms with E-state index in [0.29, 0.717) is 30.6 Å². The zero-order chi connectivity index (χ0) is 15.2. The van der Waals surface area contributed by atoms with E-state index in [9.17, 15) is 0 Å². The van der Waals surface area contributed by atoms with E-state index < -0.39 is 0 Å². The third-order valence-corrected chi connectivity index (χ3v) is 2.96. The molecule has 0 aliphatic rings. The van der Waals surface area contributed by atoms with Gasteiger partial charge >= 0.3 is 0 Å². The molecule has 0 aliphatic carbocycles. The van der Waals surface area contributed by atoms with Crippen LogP contribution in [0.25, 0.3) is 0 Å². The Morgan fingerprint density at radius 1 is 1.29 bits per heavy atom. The first-order chi connectivity index (χ1) is 10.1. The van der Waals surface area contributed by atoms with Crippen LogP contribution < -0.4 is 14.8 Å². The van der Waals surface area contributed by atoms with Crippen LogP contribution in [-0.4, -0.2) is 40.2 Å². The van der Waals surface area contributed by atoms with Crippen molar-refractivity contribution in [3.63, 3.8) is 0 Å². The number of hydrogen-bond acceptors (Lipinski definition) is 6. The highest BCUT2D eigenvalue weighted by molar-refractivity contribution is 5.42. The van der Waals surface area contributed by atoms with Crippen LogP contribution in [-0.2, 0) is 13.1 Å². The molecule has 0 aromatic carbocycles. The Kier molecular flexibility index (Phi) is 5.10. The molecule has 0 saturated heterocycles. The van der Waals surface area contributed by atoms with E-state index in [4.69, 9.17) is 9.47 Å². The molecule has 2 rings (SSSR count). The van der Waals surface area contributed by atoms with Crippen molar-refractivity contribution in [1.29, 1.82) is 0 Å². The van der Waals surface area contributed by atoms with Gasteiger partial charge in [0.2, 0.25) is 0 Å². The minimum Gasteiger partial charge on any atom is -0.493 e. The molecule has 0 amide bonds. The van der Waals surface area contributed by atoms with Gasteiger partial charge in [0, 0.05) is 24.8 Å². The molecule has 0 spiro atoms. The summed E-state index contributed by atoms with van der Waals surface area (Å²) in [5.41, 5.74) is 1.65. The van der Waals surface area contributed by atoms with E-state index in [0.717, 1.165) is 11.4 Å². The zero-order valence-electron chi connectivity index (χ0n) is 12.8. The van der Waals surface area contributed by atoms with Gasteiger partial charge in [-0.15, -0.1) is 5.10 Å². The van der Waals surface area contributed by atoms with Crippen LogP contribution in [0, 0.1) is 0 Å². The van der Waals surface area contributed by atoms with Gasteiger partial charge in [0.15, 0.2) is 11.5 Å². The van der Waals surface area contributed by atoms with Gasteiger partial charge in [0.05, 0.1) is 32.7 Å². The lowest BCUT2D eigenvalue weighted by molar-refractivity contribution is 0.348. The monoisotopic (exact) mass is 291 g/mol. The minimum atomic E-state index is 0.412. The van der Waals surface area contributed by atoms with Crippen molar-refractivity contribution in [2.45, 2.75) is 33.0 Å². The first-order valence-electron chi connectivity index (χ1n) is 6.82. The second kappa shape index (κ2) is 7.03. The van der Waals surface area contributed by atoms with E-state index in [1.165, 1.54) is 0 Å². The molecule has 7 nitrogen and oxygen atoms in total. The molecular formula is C14H21N5O2. The van der Waals surface area contributed by atoms with E-state index in [2.05, 4.69) is 34.5 Å². The van der Waals surface area contributed by atoms with Gasteiger partial charge < -0.3 is 14.8 Å². The first kappa shape index (κ1) is 15.2. The van der Waals surface area contributed by atoms with Crippen LogP contribution in [0.4, 0.5) is 0 Å². The summed E-state index contributed by atoms with van der Waals surface area (Å²) in [5, 5.41) is 11.5. The molecule has 0 aliphatic heterocycles. The molecule has 0 bridgehead atoms. The molecule has 21 heavy (non-hydrogen) atoms. The summed E-state index contributed by atoms with van der Waals surface area (Å²) in [6.07, 6.45) is 3.59. The van der Waals surface area contributed by atoms with Crippen LogP contribution >= 0.6 is 0 Å². The van der Waals surface area contributed by atoms with Gasteiger partial charge in [-0.3, -0.25) is 4.98 Å². The van der Waals surface area contributed by atoms with E-state index >= 15 is 0 Å². The first-order valence-corrected chi connectivity index (χ1v) is 6.82. The molecule has 0 atom stereocenters. The predicted molar refractivity (Wildman–Crippen MR) is 78.4 cm³/mol. The number of methoxy groups -OCH3 is 2. The Hall–Kier alpha value is -2.15. The number of nitrogens with one attached hydrogen (secondary N) is 1. The number of nitrogens with zero attached hydrogens (tertiary/aromatic N) is 4. The maximum absolute atomic E-state index is 5.36. The maximum atomic E-state index is 5.36. The molecule has 7 heteroatoms. The van der Waals surface area contributed by atoms with Crippen LogP contribution in [0.3, 0.4) is 0 Å². The lowest BCUT2D eigenvalue weighted by Crippen LogP contribution is -2.21. The topological polar surface area (TPSA) is 74.1 Å². The van der Waals surface area contributed by atoms with E-state index in [1.54, 1.807) is 31.2 Å². The summed E-state index contributed by atoms with van der Waals surface area (Å²) in [6.45, 7) is 5.36. The fourth-order valence-electron chi connectivity index (χ4n) is 1.92. The lowest BCUT2D eigenvalue weighted by atomic mass is 10.3. The summed E-state index contributed by atoms with van der Waals surface area (Å²) in [6, 6.07) is 2.18. The normalized spacial score (nSPS) is 10.9. The summed E-state index contributed by atoms with van der Waals surface area (Å²) < 4.78 is 12.4. The van der Waals surface area contributed by atoms with Crippen LogP contribution in [0.15, 0.2) is 18.5 Å². The summed E-state index contributed by atoms with van der Waals surface area (Å²) in [7, 11) is 3.20. The third kappa shape index (κ3) is 3.91. The average Bonchev–Trinajstić information content (AvgIpc) is 2.92. The Labute approximate surface area is 124 Å². The van der Waals surface area contributed by atoms with Crippen molar-refractivity contribution in [3.8, 4) is 11.5 Å². The highest BCUT2D eigenvalue weighted by Gasteiger charge is 2.12. The highest BCUT2D eigenvalue weighted by atomic mass is 16.5. The standard InChI is InChI=1S/C14H21N5O2/c1-10(2)16-7-11-8-19(18-17-11)9-12-14(21-4)13(20-3)5-6-15-12/h5-6,8,10,16H,7,9H2,1-4H3. The second-order valence-electron chi connectivity index (χ2n) is 4.94. The predicted octanol–water partition coefficient (Wildman–Crippen LogP) is 1.24. The van der Waals surface area contributed by atoms with Crippen molar-refractivity contribution in [1.82, 2.24) is 25.3 Å². The number of rotatable bonds is 7. The number of ether oxygens (including phenoxy) is 2. The molecule has 114 valence electrons. The second-order valence-corrected chi connectivity index (χ2v) is 4.94. The quantitative estimate of drug-likeness (QED) is 0.827. The van der Waals surface area contributed by atoms with Crippen molar-refractivity contribution in [3.05, 3.63) is 29.8 Å². The zero-order valence-corrected chi connectivity index (χ0v) is 12.8. The smallest absolute Gasteiger partial charge is 0.184 e. The van der Waals surface area contributed by atoms with Crippen molar-refractivity contribution >= 4 is 0 Å². The Morgan fingerprint density at radius 3 is 2.76 bits per heavy atom. The summed E-state index contributed by atoms with van der Waals surface area (Å²) in [5.74, 6) is 1.28. The molecule has 0 fully saturated rings. The molecular weight excluding hydrogens is 270 g/mol. The van der Waals surface area contributed by atoms with Gasteiger partial charge in [-0.05, 0) is 0 Å². The third-order valence-electron chi connectivity index (χ3n) is 2.96. The summed E-state index contributed by atoms with van der Waals surface area (Å²) in [4.78, 5) is 4.33. The molecule has 2 aromatic heterocycles. The van der Waals surface area contributed by atoms with Gasteiger partial charge in [-0.2, -0.15) is 0 Å². The fourth-order valence-corrected chi connectivity index (χ4v) is 1.92. The Bertz CT molecular complexity index is 582. The highest BCUT2D eigenvalue weighted by Crippen LogP contribution is 2.29. The molecule has 2 heterocycles. The van der Waals surface area contributed by atoms with Crippen molar-refractivity contribution in [2.75, 3.05) is 14.2 Å². The van der Waals surface area contributed by atoms with Crippen LogP contribution in [0.1, 0.15) is 25.2 Å². The number of aromatic nitrogens is 4. The molecule has 0 unspecified atom stereocenters. The Balaban J connectivity index is 2.11. The SMILES string of the molecule is COc1ccnc(Cn2cc(CNC(C)C)nn2)c1OC. The minimum absolute atomic E-state index is 0.412. The van der Waals surface area contributed by atoms with E-state index in [1.807, 2.05) is 6.20 Å². The van der Waals surface area contributed by atoms with Gasteiger partial charge in [0.25, 0.3) is 0 Å². The van der Waals surface area contributed by atoms with Crippen molar-refractivity contribution < 1.29 is 9.47 Å². The molecule has 1 N–H and O–H groups in total. The molecule has 0 radical (unpaired) electrons. The van der Waals surface area contributed by atoms with E-state index in [-0.39, 0.29) is 0 Å². The maximum Gasteiger partial charge on any atom is 0.184 e. The van der Waals surface area contributed by atoms with Gasteiger partial charge in [0.1, 0.15) is 5.69 Å². The van der Waals surface area contributed by atoms with Gasteiger partial charge in [-0.25, -0.2) is 4.68 Å². The molecule has 2 aromatic rings.